The summed E-state index contributed by atoms with van der Waals surface area (Å²) >= 11 is 0. The molecule has 0 aliphatic rings. The average Bonchev–Trinajstić information content (AvgIpc) is 2.21. The fourth-order valence-corrected chi connectivity index (χ4v) is 1.31. The fourth-order valence-electron chi connectivity index (χ4n) is 1.31. The summed E-state index contributed by atoms with van der Waals surface area (Å²) in [6.07, 6.45) is 0.964. The van der Waals surface area contributed by atoms with E-state index in [1.807, 2.05) is 30.3 Å². The van der Waals surface area contributed by atoms with Crippen LogP contribution in [0.3, 0.4) is 0 Å². The first-order chi connectivity index (χ1) is 6.38. The van der Waals surface area contributed by atoms with Crippen molar-refractivity contribution in [3.8, 4) is 0 Å². The molecule has 1 aromatic rings. The Labute approximate surface area is 78.5 Å². The van der Waals surface area contributed by atoms with Crippen LogP contribution in [-0.2, 0) is 9.53 Å². The van der Waals surface area contributed by atoms with Crippen LogP contribution in [-0.4, -0.2) is 13.1 Å². The smallest absolute Gasteiger partial charge is 0.417 e. The van der Waals surface area contributed by atoms with E-state index in [0.29, 0.717) is 12.5 Å². The number of benzene rings is 1. The minimum absolute atomic E-state index is 0.294. The van der Waals surface area contributed by atoms with Gasteiger partial charge >= 0.3 is 6.47 Å². The zero-order valence-electron chi connectivity index (χ0n) is 7.69. The lowest BCUT2D eigenvalue weighted by Gasteiger charge is -2.12. The molecule has 0 saturated carbocycles. The highest BCUT2D eigenvalue weighted by atomic mass is 16.5. The molecule has 0 saturated heterocycles. The molecule has 0 fully saturated rings. The highest BCUT2D eigenvalue weighted by Crippen LogP contribution is 2.18. The van der Waals surface area contributed by atoms with Crippen molar-refractivity contribution in [3.63, 3.8) is 0 Å². The van der Waals surface area contributed by atoms with E-state index in [0.717, 1.165) is 6.42 Å². The Hall–Kier alpha value is -1.31. The van der Waals surface area contributed by atoms with Crippen molar-refractivity contribution in [3.05, 3.63) is 35.9 Å². The number of carbonyl (C=O) groups excluding carboxylic acids is 1. The number of hydrogen-bond donors (Lipinski definition) is 0. The van der Waals surface area contributed by atoms with E-state index >= 15 is 0 Å². The van der Waals surface area contributed by atoms with Gasteiger partial charge in [0.15, 0.2) is 0 Å². The summed E-state index contributed by atoms with van der Waals surface area (Å²) in [4.78, 5) is 9.91. The molecule has 0 N–H and O–H groups in total. The third-order valence-electron chi connectivity index (χ3n) is 2.11. The molecule has 0 heterocycles. The van der Waals surface area contributed by atoms with Gasteiger partial charge in [0, 0.05) is 5.92 Å². The Bertz CT molecular complexity index is 244. The molecule has 0 aromatic heterocycles. The van der Waals surface area contributed by atoms with Gasteiger partial charge in [-0.2, -0.15) is 0 Å². The monoisotopic (exact) mass is 177 g/mol. The van der Waals surface area contributed by atoms with Crippen LogP contribution in [0.1, 0.15) is 24.8 Å². The lowest BCUT2D eigenvalue weighted by atomic mass is 9.98. The van der Waals surface area contributed by atoms with Gasteiger partial charge in [0.25, 0.3) is 0 Å². The van der Waals surface area contributed by atoms with Crippen molar-refractivity contribution in [2.75, 3.05) is 6.61 Å². The summed E-state index contributed by atoms with van der Waals surface area (Å²) < 4.78 is 4.64. The molecule has 1 rings (SSSR count). The largest absolute Gasteiger partial charge is 0.457 e. The van der Waals surface area contributed by atoms with Crippen molar-refractivity contribution in [2.24, 2.45) is 0 Å². The van der Waals surface area contributed by atoms with Gasteiger partial charge in [-0.25, -0.2) is 4.79 Å². The topological polar surface area (TPSA) is 26.3 Å². The van der Waals surface area contributed by atoms with Crippen LogP contribution in [0.4, 0.5) is 0 Å². The van der Waals surface area contributed by atoms with E-state index in [-0.39, 0.29) is 0 Å². The normalized spacial score (nSPS) is 12.1. The Morgan fingerprint density at radius 1 is 1.38 bits per heavy atom. The summed E-state index contributed by atoms with van der Waals surface area (Å²) in [5, 5.41) is 0. The second-order valence-corrected chi connectivity index (χ2v) is 2.91. The molecule has 13 heavy (non-hydrogen) atoms. The Morgan fingerprint density at radius 2 is 2.08 bits per heavy atom. The maximum absolute atomic E-state index is 9.91. The van der Waals surface area contributed by atoms with Gasteiger partial charge in [0.1, 0.15) is 0 Å². The minimum Gasteiger partial charge on any atom is -0.457 e. The molecule has 2 nitrogen and oxygen atoms in total. The Balaban J connectivity index is 2.61. The summed E-state index contributed by atoms with van der Waals surface area (Å²) in [6, 6.07) is 10.0. The number of ether oxygens (including phenoxy) is 1. The maximum atomic E-state index is 9.91. The average molecular weight is 177 g/mol. The van der Waals surface area contributed by atoms with Gasteiger partial charge in [-0.3, -0.25) is 0 Å². The van der Waals surface area contributed by atoms with Crippen LogP contribution in [0.2, 0.25) is 0 Å². The molecule has 0 aliphatic carbocycles. The molecule has 0 amide bonds. The summed E-state index contributed by atoms with van der Waals surface area (Å²) in [6.45, 7) is 3.95. The van der Waals surface area contributed by atoms with Crippen LogP contribution < -0.4 is 0 Å². The van der Waals surface area contributed by atoms with Crippen LogP contribution >= 0.6 is 0 Å². The van der Waals surface area contributed by atoms with Gasteiger partial charge in [0.05, 0.1) is 6.61 Å². The quantitative estimate of drug-likeness (QED) is 0.689. The van der Waals surface area contributed by atoms with E-state index in [1.54, 1.807) is 0 Å². The van der Waals surface area contributed by atoms with Crippen molar-refractivity contribution in [2.45, 2.75) is 19.3 Å². The van der Waals surface area contributed by atoms with Crippen molar-refractivity contribution >= 4 is 6.47 Å². The molecule has 1 radical (unpaired) electrons. The molecular formula is C11H13O2. The van der Waals surface area contributed by atoms with Crippen LogP contribution in [0.25, 0.3) is 0 Å². The third kappa shape index (κ3) is 2.90. The van der Waals surface area contributed by atoms with E-state index in [4.69, 9.17) is 0 Å². The van der Waals surface area contributed by atoms with E-state index in [9.17, 15) is 4.79 Å². The predicted octanol–water partition coefficient (Wildman–Crippen LogP) is 2.26. The molecular weight excluding hydrogens is 164 g/mol. The molecule has 1 unspecified atom stereocenters. The number of hydrogen-bond acceptors (Lipinski definition) is 2. The van der Waals surface area contributed by atoms with Gasteiger partial charge in [-0.05, 0) is 12.0 Å². The number of rotatable bonds is 5. The summed E-state index contributed by atoms with van der Waals surface area (Å²) in [5.41, 5.74) is 1.21. The van der Waals surface area contributed by atoms with E-state index < -0.39 is 0 Å². The van der Waals surface area contributed by atoms with Crippen molar-refractivity contribution < 1.29 is 9.53 Å². The van der Waals surface area contributed by atoms with E-state index in [1.165, 1.54) is 12.0 Å². The second-order valence-electron chi connectivity index (χ2n) is 2.91. The molecule has 69 valence electrons. The van der Waals surface area contributed by atoms with Gasteiger partial charge in [-0.15, -0.1) is 0 Å². The molecule has 0 aliphatic heterocycles. The SMILES string of the molecule is CCC(CO[C]=O)c1ccccc1. The summed E-state index contributed by atoms with van der Waals surface area (Å²) in [5.74, 6) is 0.294. The Kier molecular flexibility index (Phi) is 4.03. The predicted molar refractivity (Wildman–Crippen MR) is 51.1 cm³/mol. The standard InChI is InChI=1S/C11H13O2/c1-2-10(8-13-9-12)11-6-4-3-5-7-11/h3-7,10H,2,8H2,1H3. The highest BCUT2D eigenvalue weighted by Gasteiger charge is 2.08. The van der Waals surface area contributed by atoms with Gasteiger partial charge in [0.2, 0.25) is 0 Å². The van der Waals surface area contributed by atoms with Crippen LogP contribution in [0.5, 0.6) is 0 Å². The first kappa shape index (κ1) is 9.78. The second kappa shape index (κ2) is 5.36. The zero-order valence-corrected chi connectivity index (χ0v) is 7.69. The molecule has 1 atom stereocenters. The fraction of sp³-hybridized carbons (Fsp3) is 0.364. The summed E-state index contributed by atoms with van der Waals surface area (Å²) in [7, 11) is 0. The van der Waals surface area contributed by atoms with Crippen LogP contribution in [0.15, 0.2) is 30.3 Å². The van der Waals surface area contributed by atoms with Gasteiger partial charge < -0.3 is 4.74 Å². The molecule has 2 heteroatoms. The maximum Gasteiger partial charge on any atom is 0.417 e. The lowest BCUT2D eigenvalue weighted by Crippen LogP contribution is -2.05. The lowest BCUT2D eigenvalue weighted by molar-refractivity contribution is 0.252. The zero-order chi connectivity index (χ0) is 9.52. The van der Waals surface area contributed by atoms with Crippen molar-refractivity contribution in [1.82, 2.24) is 0 Å². The molecule has 1 aromatic carbocycles. The van der Waals surface area contributed by atoms with Crippen molar-refractivity contribution in [1.29, 1.82) is 0 Å². The Morgan fingerprint density at radius 3 is 2.62 bits per heavy atom. The third-order valence-corrected chi connectivity index (χ3v) is 2.11. The first-order valence-electron chi connectivity index (χ1n) is 4.42. The molecule has 0 bridgehead atoms. The first-order valence-corrected chi connectivity index (χ1v) is 4.42. The van der Waals surface area contributed by atoms with Gasteiger partial charge in [-0.1, -0.05) is 37.3 Å². The van der Waals surface area contributed by atoms with E-state index in [2.05, 4.69) is 11.7 Å². The highest BCUT2D eigenvalue weighted by molar-refractivity contribution is 5.38. The minimum atomic E-state index is 0.294. The molecule has 0 spiro atoms. The van der Waals surface area contributed by atoms with Crippen LogP contribution in [0, 0.1) is 0 Å².